The molecule has 1 saturated heterocycles. The SMILES string of the molecule is Cc1ccc(NC(=O)c2ccc(CN3CCN(C)CC3)c(Cl)c2)cc1NC(=O)/C=C/c1cncnc1. The van der Waals surface area contributed by atoms with Gasteiger partial charge in [-0.3, -0.25) is 14.5 Å². The van der Waals surface area contributed by atoms with E-state index in [-0.39, 0.29) is 11.8 Å². The van der Waals surface area contributed by atoms with Crippen LogP contribution in [-0.4, -0.2) is 64.8 Å². The molecular weight excluding hydrogens is 476 g/mol. The van der Waals surface area contributed by atoms with Gasteiger partial charge in [-0.2, -0.15) is 0 Å². The lowest BCUT2D eigenvalue weighted by Gasteiger charge is -2.32. The zero-order valence-corrected chi connectivity index (χ0v) is 21.1. The molecule has 1 fully saturated rings. The Hall–Kier alpha value is -3.59. The monoisotopic (exact) mass is 504 g/mol. The number of hydrogen-bond acceptors (Lipinski definition) is 6. The minimum atomic E-state index is -0.298. The zero-order valence-electron chi connectivity index (χ0n) is 20.4. The van der Waals surface area contributed by atoms with Crippen molar-refractivity contribution in [1.29, 1.82) is 0 Å². The number of benzene rings is 2. The maximum Gasteiger partial charge on any atom is 0.255 e. The highest BCUT2D eigenvalue weighted by Gasteiger charge is 2.16. The Morgan fingerprint density at radius 2 is 1.78 bits per heavy atom. The van der Waals surface area contributed by atoms with Crippen LogP contribution in [0.15, 0.2) is 61.2 Å². The van der Waals surface area contributed by atoms with Gasteiger partial charge in [0.15, 0.2) is 0 Å². The van der Waals surface area contributed by atoms with Gasteiger partial charge in [0, 0.05) is 78.7 Å². The molecule has 0 unspecified atom stereocenters. The molecule has 8 nitrogen and oxygen atoms in total. The minimum Gasteiger partial charge on any atom is -0.322 e. The Morgan fingerprint density at radius 1 is 1.03 bits per heavy atom. The molecule has 186 valence electrons. The summed E-state index contributed by atoms with van der Waals surface area (Å²) in [4.78, 5) is 37.8. The molecule has 2 aromatic carbocycles. The number of carbonyl (C=O) groups is 2. The van der Waals surface area contributed by atoms with Crippen molar-refractivity contribution in [3.05, 3.63) is 88.5 Å². The van der Waals surface area contributed by atoms with Gasteiger partial charge in [0.05, 0.1) is 0 Å². The van der Waals surface area contributed by atoms with Crippen LogP contribution in [0, 0.1) is 6.92 Å². The van der Waals surface area contributed by atoms with Crippen molar-refractivity contribution in [2.75, 3.05) is 43.9 Å². The number of aryl methyl sites for hydroxylation is 1. The van der Waals surface area contributed by atoms with Gasteiger partial charge in [0.2, 0.25) is 5.91 Å². The summed E-state index contributed by atoms with van der Waals surface area (Å²) in [6, 6.07) is 10.8. The van der Waals surface area contributed by atoms with Gasteiger partial charge in [0.1, 0.15) is 6.33 Å². The maximum absolute atomic E-state index is 12.9. The van der Waals surface area contributed by atoms with Crippen LogP contribution < -0.4 is 10.6 Å². The molecule has 0 radical (unpaired) electrons. The summed E-state index contributed by atoms with van der Waals surface area (Å²) in [5.41, 5.74) is 4.24. The number of piperazine rings is 1. The van der Waals surface area contributed by atoms with Crippen molar-refractivity contribution in [3.63, 3.8) is 0 Å². The first-order valence-corrected chi connectivity index (χ1v) is 12.1. The van der Waals surface area contributed by atoms with Gasteiger partial charge in [-0.1, -0.05) is 23.7 Å². The van der Waals surface area contributed by atoms with Crippen molar-refractivity contribution in [3.8, 4) is 0 Å². The molecule has 0 aliphatic carbocycles. The van der Waals surface area contributed by atoms with Crippen molar-refractivity contribution < 1.29 is 9.59 Å². The first kappa shape index (κ1) is 25.5. The van der Waals surface area contributed by atoms with Crippen molar-refractivity contribution >= 4 is 40.9 Å². The summed E-state index contributed by atoms with van der Waals surface area (Å²) < 4.78 is 0. The Morgan fingerprint density at radius 3 is 2.50 bits per heavy atom. The van der Waals surface area contributed by atoms with E-state index in [4.69, 9.17) is 11.6 Å². The molecule has 0 saturated carbocycles. The summed E-state index contributed by atoms with van der Waals surface area (Å²) in [5, 5.41) is 6.31. The quantitative estimate of drug-likeness (QED) is 0.471. The molecule has 36 heavy (non-hydrogen) atoms. The van der Waals surface area contributed by atoms with E-state index in [0.29, 0.717) is 22.0 Å². The van der Waals surface area contributed by atoms with E-state index in [0.717, 1.165) is 49.4 Å². The Balaban J connectivity index is 1.38. The molecule has 2 N–H and O–H groups in total. The number of anilines is 2. The lowest BCUT2D eigenvalue weighted by Crippen LogP contribution is -2.43. The van der Waals surface area contributed by atoms with Crippen LogP contribution in [0.25, 0.3) is 6.08 Å². The number of hydrogen-bond donors (Lipinski definition) is 2. The van der Waals surface area contributed by atoms with E-state index < -0.39 is 0 Å². The standard InChI is InChI=1S/C27H29ClN6O2/c1-19-3-7-23(14-25(19)32-26(35)8-4-20-15-29-18-30-16-20)31-27(36)21-5-6-22(24(28)13-21)17-34-11-9-33(2)10-12-34/h3-8,13-16,18H,9-12,17H2,1-2H3,(H,31,36)(H,32,35)/b8-4+. The van der Waals surface area contributed by atoms with E-state index in [2.05, 4.69) is 37.4 Å². The largest absolute Gasteiger partial charge is 0.322 e. The number of halogens is 1. The molecular formula is C27H29ClN6O2. The molecule has 9 heteroatoms. The number of aromatic nitrogens is 2. The van der Waals surface area contributed by atoms with E-state index >= 15 is 0 Å². The number of likely N-dealkylation sites (N-methyl/N-ethyl adjacent to an activating group) is 1. The lowest BCUT2D eigenvalue weighted by atomic mass is 10.1. The van der Waals surface area contributed by atoms with Gasteiger partial charge in [0.25, 0.3) is 5.91 Å². The van der Waals surface area contributed by atoms with E-state index in [1.54, 1.807) is 42.7 Å². The van der Waals surface area contributed by atoms with Crippen LogP contribution in [0.5, 0.6) is 0 Å². The second-order valence-corrected chi connectivity index (χ2v) is 9.27. The van der Waals surface area contributed by atoms with Crippen molar-refractivity contribution in [2.24, 2.45) is 0 Å². The average Bonchev–Trinajstić information content (AvgIpc) is 2.88. The fourth-order valence-corrected chi connectivity index (χ4v) is 4.08. The highest BCUT2D eigenvalue weighted by molar-refractivity contribution is 6.31. The summed E-state index contributed by atoms with van der Waals surface area (Å²) >= 11 is 6.52. The van der Waals surface area contributed by atoms with E-state index in [1.807, 2.05) is 19.1 Å². The highest BCUT2D eigenvalue weighted by atomic mass is 35.5. The highest BCUT2D eigenvalue weighted by Crippen LogP contribution is 2.23. The number of nitrogens with zero attached hydrogens (tertiary/aromatic N) is 4. The lowest BCUT2D eigenvalue weighted by molar-refractivity contribution is -0.111. The van der Waals surface area contributed by atoms with Gasteiger partial charge in [-0.15, -0.1) is 0 Å². The molecule has 1 aromatic heterocycles. The first-order chi connectivity index (χ1) is 17.4. The molecule has 2 heterocycles. The molecule has 0 bridgehead atoms. The Bertz CT molecular complexity index is 1260. The van der Waals surface area contributed by atoms with Gasteiger partial charge in [-0.25, -0.2) is 9.97 Å². The van der Waals surface area contributed by atoms with Gasteiger partial charge < -0.3 is 15.5 Å². The van der Waals surface area contributed by atoms with Gasteiger partial charge in [-0.05, 0) is 55.4 Å². The molecule has 1 aliphatic heterocycles. The predicted molar refractivity (Wildman–Crippen MR) is 143 cm³/mol. The number of nitrogens with one attached hydrogen (secondary N) is 2. The third-order valence-electron chi connectivity index (χ3n) is 6.07. The molecule has 4 rings (SSSR count). The third kappa shape index (κ3) is 6.97. The average molecular weight is 505 g/mol. The summed E-state index contributed by atoms with van der Waals surface area (Å²) in [6.45, 7) is 6.72. The Labute approximate surface area is 216 Å². The van der Waals surface area contributed by atoms with Crippen LogP contribution in [-0.2, 0) is 11.3 Å². The second-order valence-electron chi connectivity index (χ2n) is 8.86. The van der Waals surface area contributed by atoms with Crippen LogP contribution in [0.4, 0.5) is 11.4 Å². The number of rotatable bonds is 7. The topological polar surface area (TPSA) is 90.5 Å². The maximum atomic E-state index is 12.9. The fraction of sp³-hybridized carbons (Fsp3) is 0.259. The smallest absolute Gasteiger partial charge is 0.255 e. The third-order valence-corrected chi connectivity index (χ3v) is 6.42. The van der Waals surface area contributed by atoms with Crippen LogP contribution in [0.1, 0.15) is 27.0 Å². The van der Waals surface area contributed by atoms with Crippen LogP contribution in [0.2, 0.25) is 5.02 Å². The summed E-state index contributed by atoms with van der Waals surface area (Å²) in [6.07, 6.45) is 7.70. The molecule has 3 aromatic rings. The second kappa shape index (κ2) is 11.9. The van der Waals surface area contributed by atoms with E-state index in [9.17, 15) is 9.59 Å². The normalized spacial score (nSPS) is 14.6. The zero-order chi connectivity index (χ0) is 25.5. The van der Waals surface area contributed by atoms with E-state index in [1.165, 1.54) is 12.4 Å². The predicted octanol–water partition coefficient (Wildman–Crippen LogP) is 4.09. The molecule has 1 aliphatic rings. The minimum absolute atomic E-state index is 0.270. The number of amides is 2. The fourth-order valence-electron chi connectivity index (χ4n) is 3.84. The summed E-state index contributed by atoms with van der Waals surface area (Å²) in [7, 11) is 2.13. The number of carbonyl (C=O) groups excluding carboxylic acids is 2. The molecule has 0 spiro atoms. The Kier molecular flexibility index (Phi) is 8.43. The first-order valence-electron chi connectivity index (χ1n) is 11.7. The molecule has 0 atom stereocenters. The van der Waals surface area contributed by atoms with Crippen LogP contribution >= 0.6 is 11.6 Å². The van der Waals surface area contributed by atoms with Gasteiger partial charge >= 0.3 is 0 Å². The van der Waals surface area contributed by atoms with Crippen LogP contribution in [0.3, 0.4) is 0 Å². The van der Waals surface area contributed by atoms with Crippen molar-refractivity contribution in [2.45, 2.75) is 13.5 Å². The van der Waals surface area contributed by atoms with Crippen molar-refractivity contribution in [1.82, 2.24) is 19.8 Å². The summed E-state index contributed by atoms with van der Waals surface area (Å²) in [5.74, 6) is -0.568. The molecule has 2 amide bonds.